The van der Waals surface area contributed by atoms with Crippen molar-refractivity contribution in [3.63, 3.8) is 0 Å². The molecule has 0 spiro atoms. The van der Waals surface area contributed by atoms with Crippen molar-refractivity contribution in [3.8, 4) is 0 Å². The van der Waals surface area contributed by atoms with E-state index in [0.29, 0.717) is 0 Å². The Morgan fingerprint density at radius 3 is 1.50 bits per heavy atom. The van der Waals surface area contributed by atoms with Crippen LogP contribution in [0.25, 0.3) is 0 Å². The molecule has 34 heavy (non-hydrogen) atoms. The number of hydrogen-bond donors (Lipinski definition) is 0. The maximum absolute atomic E-state index is 4.81. The predicted molar refractivity (Wildman–Crippen MR) is 148 cm³/mol. The molecule has 0 atom stereocenters. The first-order chi connectivity index (χ1) is 15.8. The molecule has 6 heteroatoms. The summed E-state index contributed by atoms with van der Waals surface area (Å²) >= 11 is 1.87. The van der Waals surface area contributed by atoms with Crippen LogP contribution in [0.3, 0.4) is 0 Å². The molecule has 2 fully saturated rings. The van der Waals surface area contributed by atoms with Gasteiger partial charge in [0.05, 0.1) is 0 Å². The van der Waals surface area contributed by atoms with Gasteiger partial charge in [-0.05, 0) is 94.9 Å². The first kappa shape index (κ1) is 33.0. The van der Waals surface area contributed by atoms with Crippen LogP contribution in [0.4, 0.5) is 0 Å². The van der Waals surface area contributed by atoms with Gasteiger partial charge in [-0.25, -0.2) is 0 Å². The van der Waals surface area contributed by atoms with Crippen LogP contribution in [-0.2, 0) is 33.0 Å². The quantitative estimate of drug-likeness (QED) is 0.234. The van der Waals surface area contributed by atoms with Crippen molar-refractivity contribution in [2.24, 2.45) is 0 Å². The van der Waals surface area contributed by atoms with Crippen LogP contribution >= 0.6 is 38.7 Å². The number of halogens is 2. The Bertz CT molecular complexity index is 773. The van der Waals surface area contributed by atoms with E-state index in [1.54, 1.807) is 0 Å². The minimum absolute atomic E-state index is 0. The zero-order valence-electron chi connectivity index (χ0n) is 20.0. The molecule has 2 aliphatic carbocycles. The van der Waals surface area contributed by atoms with Crippen molar-refractivity contribution in [1.29, 1.82) is 0 Å². The van der Waals surface area contributed by atoms with Crippen molar-refractivity contribution < 1.29 is 33.0 Å². The van der Waals surface area contributed by atoms with E-state index in [1.807, 2.05) is 43.9 Å². The minimum atomic E-state index is -0.545. The second-order valence-electron chi connectivity index (χ2n) is 8.41. The molecule has 0 N–H and O–H groups in total. The number of rotatable bonds is 4. The van der Waals surface area contributed by atoms with Gasteiger partial charge in [-0.3, -0.25) is 0 Å². The van der Waals surface area contributed by atoms with Gasteiger partial charge in [-0.2, -0.15) is 0 Å². The largest absolute Gasteiger partial charge is 2.00 e. The zero-order chi connectivity index (χ0) is 24.3. The average Bonchev–Trinajstić information content (AvgIpc) is 3.46. The van der Waals surface area contributed by atoms with Crippen LogP contribution in [0.15, 0.2) is 48.5 Å². The number of benzene rings is 2. The van der Waals surface area contributed by atoms with Crippen molar-refractivity contribution in [3.05, 3.63) is 122 Å². The number of aryl methyl sites for hydroxylation is 2. The molecule has 2 aromatic carbocycles. The molecule has 2 aliphatic rings. The Morgan fingerprint density at radius 1 is 0.706 bits per heavy atom. The molecule has 0 nitrogen and oxygen atoms in total. The van der Waals surface area contributed by atoms with Crippen LogP contribution in [0.2, 0.25) is 0 Å². The van der Waals surface area contributed by atoms with E-state index in [0.717, 1.165) is 0 Å². The molecule has 0 saturated heterocycles. The third-order valence-corrected chi connectivity index (χ3v) is 8.86. The standard InChI is InChI=1S/C23H26PS.C5H5.2ClH.Fe.Pd/c1-17-11-6-8-13-19(17)24(20-14-9-7-12-18(20)2)21-15-10-16-22(21)25-23(3,4)5;1-2-4-5-3-1;;;;/h6-16H,1-5H3;1-5H;2*1H;;/q;;;;2*+2/p-2. The molecule has 0 aromatic heterocycles. The summed E-state index contributed by atoms with van der Waals surface area (Å²) < 4.78 is 0.210. The fourth-order valence-electron chi connectivity index (χ4n) is 3.33. The van der Waals surface area contributed by atoms with Crippen LogP contribution in [-0.4, -0.2) is 4.75 Å². The van der Waals surface area contributed by atoms with E-state index in [4.69, 9.17) is 19.1 Å². The second kappa shape index (κ2) is 17.5. The Balaban J connectivity index is 0.000000550. The van der Waals surface area contributed by atoms with Crippen LogP contribution in [0.5, 0.6) is 0 Å². The summed E-state index contributed by atoms with van der Waals surface area (Å²) in [5.41, 5.74) is 4.24. The number of thioether (sulfide) groups is 1. The SMILES string of the molecule is Cc1ccccc1P([C]1[CH][CH][CH][C]1SC(C)(C)C)c1ccccc1C.[CH]1[CH][CH][CH][CH]1.[Cl][Pd][Cl].[Fe+2]. The van der Waals surface area contributed by atoms with Crippen LogP contribution < -0.4 is 10.6 Å². The third-order valence-electron chi connectivity index (χ3n) is 4.68. The Hall–Kier alpha value is 0.982. The van der Waals surface area contributed by atoms with Gasteiger partial charge in [0.15, 0.2) is 0 Å². The van der Waals surface area contributed by atoms with Crippen molar-refractivity contribution in [1.82, 2.24) is 0 Å². The van der Waals surface area contributed by atoms with Gasteiger partial charge < -0.3 is 0 Å². The second-order valence-corrected chi connectivity index (χ2v) is 14.8. The van der Waals surface area contributed by atoms with Gasteiger partial charge in [-0.15, -0.1) is 11.8 Å². The van der Waals surface area contributed by atoms with E-state index in [-0.39, 0.29) is 37.8 Å². The summed E-state index contributed by atoms with van der Waals surface area (Å²) in [5, 5.41) is 4.35. The predicted octanol–water partition coefficient (Wildman–Crippen LogP) is 8.35. The summed E-state index contributed by atoms with van der Waals surface area (Å²) in [4.78, 5) is 0. The molecule has 0 bridgehead atoms. The molecule has 0 heterocycles. The summed E-state index contributed by atoms with van der Waals surface area (Å²) in [6.45, 7) is 11.3. The van der Waals surface area contributed by atoms with Crippen LogP contribution in [0, 0.1) is 76.1 Å². The Kier molecular flexibility index (Phi) is 17.0. The van der Waals surface area contributed by atoms with Crippen molar-refractivity contribution in [2.45, 2.75) is 39.4 Å². The minimum Gasteiger partial charge on any atom is 2.00 e. The molecule has 0 aliphatic heterocycles. The average molecular weight is 664 g/mol. The molecule has 2 aromatic rings. The monoisotopic (exact) mass is 662 g/mol. The van der Waals surface area contributed by atoms with Gasteiger partial charge in [0, 0.05) is 15.7 Å². The molecule has 0 amide bonds. The molecule has 10 radical (unpaired) electrons. The summed E-state index contributed by atoms with van der Waals surface area (Å²) in [7, 11) is 9.08. The molecule has 0 unspecified atom stereocenters. The molecule has 4 rings (SSSR count). The zero-order valence-corrected chi connectivity index (χ0v) is 25.9. The molecular formula is C28H31Cl2FePPdS+2. The first-order valence-corrected chi connectivity index (χ1v) is 16.8. The van der Waals surface area contributed by atoms with Gasteiger partial charge in [-0.1, -0.05) is 69.3 Å². The molecule has 2 saturated carbocycles. The Labute approximate surface area is 241 Å². The fraction of sp³-hybridized carbons (Fsp3) is 0.214. The van der Waals surface area contributed by atoms with E-state index < -0.39 is 7.92 Å². The van der Waals surface area contributed by atoms with E-state index in [2.05, 4.69) is 102 Å². The van der Waals surface area contributed by atoms with Gasteiger partial charge in [0.25, 0.3) is 0 Å². The fourth-order valence-corrected chi connectivity index (χ4v) is 7.36. The van der Waals surface area contributed by atoms with Crippen LogP contribution in [0.1, 0.15) is 31.9 Å². The normalized spacial score (nSPS) is 16.5. The number of hydrogen-bond acceptors (Lipinski definition) is 1. The van der Waals surface area contributed by atoms with Gasteiger partial charge in [0.2, 0.25) is 0 Å². The third kappa shape index (κ3) is 11.2. The Morgan fingerprint density at radius 2 is 1.12 bits per heavy atom. The molecular weight excluding hydrogens is 633 g/mol. The molecule has 184 valence electrons. The smallest absolute Gasteiger partial charge is 2.00 e. The summed E-state index contributed by atoms with van der Waals surface area (Å²) in [5.74, 6) is 0. The van der Waals surface area contributed by atoms with E-state index >= 15 is 0 Å². The maximum atomic E-state index is 4.81. The topological polar surface area (TPSA) is 0 Å². The maximum Gasteiger partial charge on any atom is 2.00 e. The summed E-state index contributed by atoms with van der Waals surface area (Å²) in [6, 6.07) is 17.7. The van der Waals surface area contributed by atoms with E-state index in [9.17, 15) is 0 Å². The summed E-state index contributed by atoms with van der Waals surface area (Å²) in [6.07, 6.45) is 16.8. The van der Waals surface area contributed by atoms with Crippen molar-refractivity contribution in [2.75, 3.05) is 0 Å². The van der Waals surface area contributed by atoms with Gasteiger partial charge >= 0.3 is 52.1 Å². The van der Waals surface area contributed by atoms with Gasteiger partial charge in [0.1, 0.15) is 0 Å². The van der Waals surface area contributed by atoms with E-state index in [1.165, 1.54) is 32.6 Å². The first-order valence-electron chi connectivity index (χ1n) is 10.6. The van der Waals surface area contributed by atoms with Crippen molar-refractivity contribution >= 4 is 49.4 Å².